The molecule has 0 fully saturated rings. The molecule has 0 aliphatic rings. The summed E-state index contributed by atoms with van der Waals surface area (Å²) in [5.41, 5.74) is 0.328. The molecule has 0 aromatic carbocycles. The number of alkyl halides is 2. The summed E-state index contributed by atoms with van der Waals surface area (Å²) in [6.45, 7) is -1.08. The largest absolute Gasteiger partial charge is 0.395 e. The summed E-state index contributed by atoms with van der Waals surface area (Å²) >= 11 is 0. The molecule has 1 rings (SSSR count). The summed E-state index contributed by atoms with van der Waals surface area (Å²) < 4.78 is 26.0. The van der Waals surface area contributed by atoms with Crippen LogP contribution in [0.15, 0.2) is 18.3 Å². The number of hydrogen-bond acceptors (Lipinski definition) is 2. The maximum atomic E-state index is 12.2. The van der Waals surface area contributed by atoms with E-state index in [-0.39, 0.29) is 13.2 Å². The number of rotatable bonds is 5. The van der Waals surface area contributed by atoms with Crippen LogP contribution in [-0.4, -0.2) is 46.6 Å². The van der Waals surface area contributed by atoms with E-state index in [9.17, 15) is 13.6 Å². The van der Waals surface area contributed by atoms with E-state index in [1.54, 1.807) is 29.9 Å². The van der Waals surface area contributed by atoms with Crippen molar-refractivity contribution in [3.8, 4) is 0 Å². The van der Waals surface area contributed by atoms with Gasteiger partial charge >= 0.3 is 0 Å². The predicted octanol–water partition coefficient (Wildman–Crippen LogP) is 0.725. The molecule has 1 N–H and O–H groups in total. The number of aryl methyl sites for hydroxylation is 1. The number of hydrogen-bond donors (Lipinski definition) is 1. The highest BCUT2D eigenvalue weighted by molar-refractivity contribution is 5.92. The van der Waals surface area contributed by atoms with E-state index >= 15 is 0 Å². The van der Waals surface area contributed by atoms with Gasteiger partial charge in [-0.15, -0.1) is 0 Å². The Kier molecular flexibility index (Phi) is 4.42. The first-order chi connectivity index (χ1) is 7.56. The van der Waals surface area contributed by atoms with Gasteiger partial charge in [0.05, 0.1) is 13.2 Å². The van der Waals surface area contributed by atoms with Gasteiger partial charge in [-0.3, -0.25) is 4.79 Å². The molecular formula is C10H14F2N2O2. The maximum absolute atomic E-state index is 12.2. The van der Waals surface area contributed by atoms with Gasteiger partial charge in [-0.2, -0.15) is 0 Å². The Labute approximate surface area is 92.1 Å². The number of amides is 1. The Morgan fingerprint density at radius 3 is 2.75 bits per heavy atom. The molecule has 0 unspecified atom stereocenters. The summed E-state index contributed by atoms with van der Waals surface area (Å²) in [4.78, 5) is 12.8. The van der Waals surface area contributed by atoms with Crippen molar-refractivity contribution < 1.29 is 18.7 Å². The van der Waals surface area contributed by atoms with Crippen molar-refractivity contribution >= 4 is 5.91 Å². The van der Waals surface area contributed by atoms with Crippen LogP contribution in [-0.2, 0) is 7.05 Å². The molecule has 0 atom stereocenters. The molecule has 1 aromatic heterocycles. The smallest absolute Gasteiger partial charge is 0.270 e. The second-order valence-electron chi connectivity index (χ2n) is 3.37. The zero-order chi connectivity index (χ0) is 12.1. The van der Waals surface area contributed by atoms with Gasteiger partial charge < -0.3 is 14.6 Å². The Bertz CT molecular complexity index is 352. The van der Waals surface area contributed by atoms with Crippen molar-refractivity contribution in [3.05, 3.63) is 24.0 Å². The molecule has 16 heavy (non-hydrogen) atoms. The highest BCUT2D eigenvalue weighted by atomic mass is 19.3. The molecule has 0 aliphatic heterocycles. The van der Waals surface area contributed by atoms with E-state index in [2.05, 4.69) is 0 Å². The zero-order valence-electron chi connectivity index (χ0n) is 8.94. The van der Waals surface area contributed by atoms with Gasteiger partial charge in [0, 0.05) is 19.8 Å². The molecule has 0 spiro atoms. The number of aliphatic hydroxyl groups excluding tert-OH is 1. The van der Waals surface area contributed by atoms with E-state index in [1.165, 1.54) is 0 Å². The topological polar surface area (TPSA) is 45.5 Å². The van der Waals surface area contributed by atoms with Gasteiger partial charge in [0.25, 0.3) is 12.3 Å². The maximum Gasteiger partial charge on any atom is 0.270 e. The third-order valence-electron chi connectivity index (χ3n) is 2.18. The summed E-state index contributed by atoms with van der Waals surface area (Å²) in [5, 5.41) is 8.72. The molecule has 1 amide bonds. The predicted molar refractivity (Wildman–Crippen MR) is 54.4 cm³/mol. The number of aliphatic hydroxyl groups is 1. The van der Waals surface area contributed by atoms with E-state index in [0.717, 1.165) is 4.90 Å². The van der Waals surface area contributed by atoms with Crippen LogP contribution >= 0.6 is 0 Å². The first kappa shape index (κ1) is 12.6. The van der Waals surface area contributed by atoms with Gasteiger partial charge in [-0.05, 0) is 12.1 Å². The third-order valence-corrected chi connectivity index (χ3v) is 2.18. The molecule has 0 radical (unpaired) electrons. The van der Waals surface area contributed by atoms with E-state index in [4.69, 9.17) is 5.11 Å². The lowest BCUT2D eigenvalue weighted by Crippen LogP contribution is -2.38. The fraction of sp³-hybridized carbons (Fsp3) is 0.500. The number of halogens is 2. The minimum atomic E-state index is -2.60. The Balaban J connectivity index is 2.78. The number of carbonyl (C=O) groups is 1. The minimum Gasteiger partial charge on any atom is -0.395 e. The molecule has 6 heteroatoms. The fourth-order valence-electron chi connectivity index (χ4n) is 1.41. The van der Waals surface area contributed by atoms with Crippen LogP contribution in [0.4, 0.5) is 8.78 Å². The van der Waals surface area contributed by atoms with Crippen molar-refractivity contribution in [1.82, 2.24) is 9.47 Å². The normalized spacial score (nSPS) is 10.8. The van der Waals surface area contributed by atoms with E-state index in [0.29, 0.717) is 5.69 Å². The van der Waals surface area contributed by atoms with Crippen molar-refractivity contribution in [2.24, 2.45) is 7.05 Å². The summed E-state index contributed by atoms with van der Waals surface area (Å²) in [6, 6.07) is 3.21. The Hall–Kier alpha value is -1.43. The Morgan fingerprint density at radius 2 is 2.31 bits per heavy atom. The summed E-state index contributed by atoms with van der Waals surface area (Å²) in [5.74, 6) is -0.498. The highest BCUT2D eigenvalue weighted by Crippen LogP contribution is 2.07. The molecule has 90 valence electrons. The molecule has 1 heterocycles. The summed E-state index contributed by atoms with van der Waals surface area (Å²) in [7, 11) is 1.66. The lowest BCUT2D eigenvalue weighted by atomic mass is 10.3. The first-order valence-electron chi connectivity index (χ1n) is 4.86. The van der Waals surface area contributed by atoms with Crippen molar-refractivity contribution in [2.45, 2.75) is 6.43 Å². The van der Waals surface area contributed by atoms with Crippen LogP contribution in [0.3, 0.4) is 0 Å². The van der Waals surface area contributed by atoms with Crippen LogP contribution in [0.2, 0.25) is 0 Å². The summed E-state index contributed by atoms with van der Waals surface area (Å²) in [6.07, 6.45) is -0.942. The van der Waals surface area contributed by atoms with E-state index < -0.39 is 18.9 Å². The third kappa shape index (κ3) is 3.03. The quantitative estimate of drug-likeness (QED) is 0.813. The second kappa shape index (κ2) is 5.60. The van der Waals surface area contributed by atoms with Crippen molar-refractivity contribution in [2.75, 3.05) is 19.7 Å². The lowest BCUT2D eigenvalue weighted by molar-refractivity contribution is 0.0501. The van der Waals surface area contributed by atoms with Crippen LogP contribution < -0.4 is 0 Å². The fourth-order valence-corrected chi connectivity index (χ4v) is 1.41. The van der Waals surface area contributed by atoms with Gasteiger partial charge in [0.1, 0.15) is 5.69 Å². The average Bonchev–Trinajstić information content (AvgIpc) is 2.62. The second-order valence-corrected chi connectivity index (χ2v) is 3.37. The molecule has 0 bridgehead atoms. The monoisotopic (exact) mass is 232 g/mol. The van der Waals surface area contributed by atoms with Gasteiger partial charge in [0.2, 0.25) is 0 Å². The van der Waals surface area contributed by atoms with Crippen LogP contribution in [0.5, 0.6) is 0 Å². The van der Waals surface area contributed by atoms with Gasteiger partial charge in [-0.25, -0.2) is 8.78 Å². The number of carbonyl (C=O) groups excluding carboxylic acids is 1. The van der Waals surface area contributed by atoms with Crippen molar-refractivity contribution in [1.29, 1.82) is 0 Å². The number of nitrogens with zero attached hydrogens (tertiary/aromatic N) is 2. The van der Waals surface area contributed by atoms with Crippen LogP contribution in [0, 0.1) is 0 Å². The SMILES string of the molecule is Cn1cccc1C(=O)N(CCO)CC(F)F. The van der Waals surface area contributed by atoms with Crippen LogP contribution in [0.25, 0.3) is 0 Å². The molecular weight excluding hydrogens is 218 g/mol. The van der Waals surface area contributed by atoms with E-state index in [1.807, 2.05) is 0 Å². The van der Waals surface area contributed by atoms with Crippen molar-refractivity contribution in [3.63, 3.8) is 0 Å². The van der Waals surface area contributed by atoms with Gasteiger partial charge in [-0.1, -0.05) is 0 Å². The number of aromatic nitrogens is 1. The highest BCUT2D eigenvalue weighted by Gasteiger charge is 2.20. The van der Waals surface area contributed by atoms with Gasteiger partial charge in [0.15, 0.2) is 0 Å². The molecule has 1 aromatic rings. The standard InChI is InChI=1S/C10H14F2N2O2/c1-13-4-2-3-8(13)10(16)14(5-6-15)7-9(11)12/h2-4,9,15H,5-7H2,1H3. The first-order valence-corrected chi connectivity index (χ1v) is 4.86. The lowest BCUT2D eigenvalue weighted by Gasteiger charge is -2.21. The Morgan fingerprint density at radius 1 is 1.62 bits per heavy atom. The average molecular weight is 232 g/mol. The molecule has 0 aliphatic carbocycles. The minimum absolute atomic E-state index is 0.0889. The zero-order valence-corrected chi connectivity index (χ0v) is 8.94. The molecule has 4 nitrogen and oxygen atoms in total. The van der Waals surface area contributed by atoms with Crippen LogP contribution in [0.1, 0.15) is 10.5 Å². The molecule has 0 saturated heterocycles. The molecule has 0 saturated carbocycles.